The van der Waals surface area contributed by atoms with Crippen LogP contribution < -0.4 is 28.7 Å². The Labute approximate surface area is 337 Å². The van der Waals surface area contributed by atoms with E-state index in [4.69, 9.17) is 14.3 Å². The lowest BCUT2D eigenvalue weighted by Gasteiger charge is -2.37. The summed E-state index contributed by atoms with van der Waals surface area (Å²) in [6, 6.07) is 14.7. The first-order chi connectivity index (χ1) is 28.3. The number of oxazole rings is 1. The number of carbonyl (C=O) groups is 2. The molecule has 0 saturated heterocycles. The molecule has 13 nitrogen and oxygen atoms in total. The molecule has 20 heteroatoms. The molecule has 0 bridgehead atoms. The van der Waals surface area contributed by atoms with E-state index < -0.39 is 49.2 Å². The predicted octanol–water partition coefficient (Wildman–Crippen LogP) is 9.71. The van der Waals surface area contributed by atoms with E-state index in [0.29, 0.717) is 61.5 Å². The van der Waals surface area contributed by atoms with Crippen LogP contribution in [0.15, 0.2) is 89.4 Å². The number of hydrogen-bond donors (Lipinski definition) is 2. The van der Waals surface area contributed by atoms with E-state index in [1.54, 1.807) is 42.9 Å². The number of alkyl halides is 6. The molecule has 2 N–H and O–H groups in total. The summed E-state index contributed by atoms with van der Waals surface area (Å²) in [4.78, 5) is 35.2. The second-order valence-electron chi connectivity index (χ2n) is 12.7. The third-order valence-corrected chi connectivity index (χ3v) is 9.74. The number of benzene rings is 3. The van der Waals surface area contributed by atoms with Crippen molar-refractivity contribution in [3.63, 3.8) is 0 Å². The molecular formula is C39H38F6N4O9S. The molecule has 3 aromatic carbocycles. The van der Waals surface area contributed by atoms with Crippen LogP contribution in [0.2, 0.25) is 0 Å². The van der Waals surface area contributed by atoms with Crippen LogP contribution in [0.5, 0.6) is 23.0 Å². The molecular weight excluding hydrogens is 815 g/mol. The van der Waals surface area contributed by atoms with Gasteiger partial charge in [0.05, 0.1) is 42.4 Å². The molecule has 6 rings (SSSR count). The summed E-state index contributed by atoms with van der Waals surface area (Å²) in [5.74, 6) is -3.16. The summed E-state index contributed by atoms with van der Waals surface area (Å²) in [5, 5.41) is 18.3. The maximum atomic E-state index is 12.8. The number of hydrogen-bond acceptors (Lipinski definition) is 12. The average Bonchev–Trinajstić information content (AvgIpc) is 3.93. The van der Waals surface area contributed by atoms with E-state index in [2.05, 4.69) is 24.2 Å². The van der Waals surface area contributed by atoms with Gasteiger partial charge in [-0.15, -0.1) is 11.3 Å². The molecule has 0 atom stereocenters. The number of carboxylic acids is 2. The zero-order chi connectivity index (χ0) is 42.5. The lowest BCUT2D eigenvalue weighted by atomic mass is 9.85. The molecule has 5 aromatic rings. The number of carboxylic acid groups (broad SMARTS) is 2. The van der Waals surface area contributed by atoms with Gasteiger partial charge in [-0.3, -0.25) is 9.78 Å². The first-order valence-electron chi connectivity index (χ1n) is 17.9. The Hall–Kier alpha value is -6.18. The van der Waals surface area contributed by atoms with Crippen molar-refractivity contribution in [2.45, 2.75) is 71.6 Å². The van der Waals surface area contributed by atoms with E-state index >= 15 is 0 Å². The van der Waals surface area contributed by atoms with Gasteiger partial charge in [0.15, 0.2) is 29.4 Å². The highest BCUT2D eigenvalue weighted by atomic mass is 32.1. The minimum atomic E-state index is -3.21. The molecule has 0 unspecified atom stereocenters. The number of halogens is 6. The Balaban J connectivity index is 0.000000224. The zero-order valence-electron chi connectivity index (χ0n) is 31.1. The molecule has 316 valence electrons. The molecule has 0 amide bonds. The fourth-order valence-corrected chi connectivity index (χ4v) is 6.92. The molecule has 2 heterocycles. The molecule has 1 aliphatic rings. The smallest absolute Gasteiger partial charge is 0.387 e. The number of ether oxygens (including phenoxy) is 4. The monoisotopic (exact) mass is 852 g/mol. The molecule has 1 fully saturated rings. The fourth-order valence-electron chi connectivity index (χ4n) is 6.33. The molecule has 2 aromatic heterocycles. The molecule has 1 aliphatic carbocycles. The van der Waals surface area contributed by atoms with Crippen molar-refractivity contribution in [2.24, 2.45) is 5.92 Å². The van der Waals surface area contributed by atoms with Crippen LogP contribution in [-0.2, 0) is 17.9 Å². The van der Waals surface area contributed by atoms with Crippen LogP contribution in [-0.4, -0.2) is 64.6 Å². The van der Waals surface area contributed by atoms with E-state index in [0.717, 1.165) is 4.88 Å². The van der Waals surface area contributed by atoms with Crippen LogP contribution in [0.1, 0.15) is 53.5 Å². The second kappa shape index (κ2) is 21.0. The van der Waals surface area contributed by atoms with Gasteiger partial charge in [-0.25, -0.2) is 9.78 Å². The number of thiazole rings is 1. The number of aromatic carboxylic acids is 1. The SMILES string of the molecule is CCOc1cc(N(Cc2cocn2)c2ccc(C(=O)O)cc2)ccc1OC(F)F.O=C(O)C1CCC(N(Cc2cncs2)c2ccc(OC(F)F)c(OC(F)F)c2)CC1. The topological polar surface area (TPSA) is 157 Å². The van der Waals surface area contributed by atoms with Crippen molar-refractivity contribution in [1.29, 1.82) is 0 Å². The summed E-state index contributed by atoms with van der Waals surface area (Å²) in [5.41, 5.74) is 4.20. The fraction of sp³-hybridized carbons (Fsp3) is 0.333. The number of nitrogens with zero attached hydrogens (tertiary/aromatic N) is 4. The lowest BCUT2D eigenvalue weighted by Crippen LogP contribution is -2.38. The van der Waals surface area contributed by atoms with Crippen molar-refractivity contribution in [1.82, 2.24) is 9.97 Å². The highest BCUT2D eigenvalue weighted by Gasteiger charge is 2.31. The average molecular weight is 853 g/mol. The minimum absolute atomic E-state index is 0.0519. The summed E-state index contributed by atoms with van der Waals surface area (Å²) >= 11 is 1.42. The van der Waals surface area contributed by atoms with E-state index in [9.17, 15) is 41.0 Å². The standard InChI is InChI=1S/C20H18F2N2O5.C19H20F4N2O4S/c1-2-28-18-9-16(7-8-17(18)29-20(21)22)24(10-14-11-27-12-23-14)15-5-3-13(4-6-15)19(25)26;20-18(21)28-15-6-5-13(7-16(15)29-19(22)23)25(9-14-8-24-10-30-14)12-3-1-11(2-4-12)17(26)27/h3-9,11-12,20H,2,10H2,1H3,(H,25,26);5-8,10-12,18-19H,1-4,9H2,(H,26,27). The van der Waals surface area contributed by atoms with Crippen molar-refractivity contribution < 1.29 is 69.5 Å². The van der Waals surface area contributed by atoms with Gasteiger partial charge in [0, 0.05) is 46.3 Å². The van der Waals surface area contributed by atoms with Crippen molar-refractivity contribution >= 4 is 40.3 Å². The third-order valence-electron chi connectivity index (χ3n) is 8.97. The van der Waals surface area contributed by atoms with Crippen LogP contribution in [0, 0.1) is 5.92 Å². The Morgan fingerprint density at radius 2 is 1.39 bits per heavy atom. The van der Waals surface area contributed by atoms with Gasteiger partial charge in [0.25, 0.3) is 0 Å². The molecule has 0 radical (unpaired) electrons. The normalized spacial score (nSPS) is 15.0. The van der Waals surface area contributed by atoms with Crippen LogP contribution in [0.3, 0.4) is 0 Å². The van der Waals surface area contributed by atoms with Gasteiger partial charge in [0.2, 0.25) is 0 Å². The van der Waals surface area contributed by atoms with Gasteiger partial charge in [-0.2, -0.15) is 26.3 Å². The number of anilines is 3. The first kappa shape index (κ1) is 43.9. The first-order valence-corrected chi connectivity index (χ1v) is 18.8. The van der Waals surface area contributed by atoms with Crippen molar-refractivity contribution in [3.05, 3.63) is 101 Å². The Morgan fingerprint density at radius 1 is 0.797 bits per heavy atom. The van der Waals surface area contributed by atoms with E-state index in [1.165, 1.54) is 60.4 Å². The third kappa shape index (κ3) is 12.7. The largest absolute Gasteiger partial charge is 0.490 e. The van der Waals surface area contributed by atoms with Gasteiger partial charge in [-0.1, -0.05) is 0 Å². The summed E-state index contributed by atoms with van der Waals surface area (Å²) in [6.45, 7) is -6.66. The quantitative estimate of drug-likeness (QED) is 0.0804. The van der Waals surface area contributed by atoms with Gasteiger partial charge < -0.3 is 43.4 Å². The number of aliphatic carboxylic acids is 1. The van der Waals surface area contributed by atoms with Crippen LogP contribution in [0.4, 0.5) is 43.4 Å². The second-order valence-corrected chi connectivity index (χ2v) is 13.7. The molecule has 1 saturated carbocycles. The van der Waals surface area contributed by atoms with E-state index in [1.807, 2.05) is 9.80 Å². The van der Waals surface area contributed by atoms with Gasteiger partial charge in [-0.05, 0) is 81.1 Å². The van der Waals surface area contributed by atoms with E-state index in [-0.39, 0.29) is 29.7 Å². The predicted molar refractivity (Wildman–Crippen MR) is 201 cm³/mol. The van der Waals surface area contributed by atoms with Crippen LogP contribution in [0.25, 0.3) is 0 Å². The highest BCUT2D eigenvalue weighted by Crippen LogP contribution is 2.39. The molecule has 0 aliphatic heterocycles. The number of aromatic nitrogens is 2. The highest BCUT2D eigenvalue weighted by molar-refractivity contribution is 7.09. The summed E-state index contributed by atoms with van der Waals surface area (Å²) < 4.78 is 99.9. The maximum absolute atomic E-state index is 12.8. The Bertz CT molecular complexity index is 2070. The molecule has 0 spiro atoms. The zero-order valence-corrected chi connectivity index (χ0v) is 32.0. The number of rotatable bonds is 18. The Morgan fingerprint density at radius 3 is 1.93 bits per heavy atom. The van der Waals surface area contributed by atoms with Crippen molar-refractivity contribution in [3.8, 4) is 23.0 Å². The van der Waals surface area contributed by atoms with Crippen molar-refractivity contribution in [2.75, 3.05) is 16.4 Å². The van der Waals surface area contributed by atoms with Gasteiger partial charge >= 0.3 is 31.8 Å². The molecule has 59 heavy (non-hydrogen) atoms. The minimum Gasteiger partial charge on any atom is -0.490 e. The summed E-state index contributed by atoms with van der Waals surface area (Å²) in [7, 11) is 0. The summed E-state index contributed by atoms with van der Waals surface area (Å²) in [6.07, 6.45) is 6.64. The van der Waals surface area contributed by atoms with Crippen LogP contribution >= 0.6 is 11.3 Å². The Kier molecular flexibility index (Phi) is 15.6. The lowest BCUT2D eigenvalue weighted by molar-refractivity contribution is -0.142. The van der Waals surface area contributed by atoms with Gasteiger partial charge in [0.1, 0.15) is 6.26 Å². The maximum Gasteiger partial charge on any atom is 0.387 e.